The Labute approximate surface area is 171 Å². The molecule has 3 aromatic carbocycles. The van der Waals surface area contributed by atoms with Gasteiger partial charge in [0.2, 0.25) is 0 Å². The summed E-state index contributed by atoms with van der Waals surface area (Å²) < 4.78 is 11.3. The lowest BCUT2D eigenvalue weighted by molar-refractivity contribution is 0.0734. The number of ether oxygens (including phenoxy) is 2. The fraction of sp³-hybridized carbons (Fsp3) is 0.0435. The second-order valence-corrected chi connectivity index (χ2v) is 6.69. The highest BCUT2D eigenvalue weighted by molar-refractivity contribution is 9.10. The molecule has 3 rings (SSSR count). The number of esters is 1. The van der Waals surface area contributed by atoms with Gasteiger partial charge in [0.1, 0.15) is 11.5 Å². The lowest BCUT2D eigenvalue weighted by atomic mass is 10.0. The smallest absolute Gasteiger partial charge is 0.344 e. The van der Waals surface area contributed by atoms with Crippen molar-refractivity contribution in [2.24, 2.45) is 0 Å². The van der Waals surface area contributed by atoms with Crippen LogP contribution >= 0.6 is 15.9 Å². The summed E-state index contributed by atoms with van der Waals surface area (Å²) in [5.41, 5.74) is 2.47. The Morgan fingerprint density at radius 1 is 1.00 bits per heavy atom. The zero-order valence-electron chi connectivity index (χ0n) is 15.1. The van der Waals surface area contributed by atoms with Crippen LogP contribution in [0.2, 0.25) is 0 Å². The highest BCUT2D eigenvalue weighted by atomic mass is 79.9. The minimum atomic E-state index is -0.454. The summed E-state index contributed by atoms with van der Waals surface area (Å²) in [6.45, 7) is 0. The van der Waals surface area contributed by atoms with E-state index in [1.54, 1.807) is 61.7 Å². The maximum absolute atomic E-state index is 12.4. The average molecular weight is 434 g/mol. The van der Waals surface area contributed by atoms with E-state index in [2.05, 4.69) is 22.0 Å². The molecule has 28 heavy (non-hydrogen) atoms. The molecule has 0 saturated heterocycles. The van der Waals surface area contributed by atoms with Crippen LogP contribution in [0.15, 0.2) is 77.3 Å². The predicted molar refractivity (Wildman–Crippen MR) is 112 cm³/mol. The molecule has 0 N–H and O–H groups in total. The van der Waals surface area contributed by atoms with Gasteiger partial charge in [0.25, 0.3) is 0 Å². The molecule has 0 saturated carbocycles. The Morgan fingerprint density at radius 3 is 2.43 bits per heavy atom. The van der Waals surface area contributed by atoms with Gasteiger partial charge in [0, 0.05) is 4.47 Å². The standard InChI is InChI=1S/C23H16BrNO3/c1-27-19-11-9-17(10-12-19)18(15-25)13-16-5-4-6-20(14-16)28-23(26)21-7-2-3-8-22(21)24/h2-14H,1H3/b18-13-. The Hall–Kier alpha value is -3.36. The number of allylic oxidation sites excluding steroid dienone is 1. The van der Waals surface area contributed by atoms with Crippen LogP contribution < -0.4 is 9.47 Å². The monoisotopic (exact) mass is 433 g/mol. The van der Waals surface area contributed by atoms with E-state index in [0.717, 1.165) is 16.9 Å². The lowest BCUT2D eigenvalue weighted by Gasteiger charge is -2.07. The number of nitrogens with zero attached hydrogens (tertiary/aromatic N) is 1. The maximum Gasteiger partial charge on any atom is 0.344 e. The molecule has 0 heterocycles. The Bertz CT molecular complexity index is 1070. The number of methoxy groups -OCH3 is 1. The van der Waals surface area contributed by atoms with Crippen molar-refractivity contribution in [1.29, 1.82) is 5.26 Å². The molecular weight excluding hydrogens is 418 g/mol. The molecule has 0 spiro atoms. The van der Waals surface area contributed by atoms with Crippen molar-refractivity contribution >= 4 is 33.5 Å². The van der Waals surface area contributed by atoms with E-state index in [0.29, 0.717) is 21.4 Å². The van der Waals surface area contributed by atoms with E-state index in [9.17, 15) is 10.1 Å². The van der Waals surface area contributed by atoms with Gasteiger partial charge in [-0.25, -0.2) is 4.79 Å². The zero-order chi connectivity index (χ0) is 19.9. The highest BCUT2D eigenvalue weighted by Gasteiger charge is 2.12. The van der Waals surface area contributed by atoms with Crippen LogP contribution in [0.25, 0.3) is 11.6 Å². The Morgan fingerprint density at radius 2 is 1.75 bits per heavy atom. The predicted octanol–water partition coefficient (Wildman–Crippen LogP) is 5.74. The van der Waals surface area contributed by atoms with E-state index < -0.39 is 5.97 Å². The van der Waals surface area contributed by atoms with Gasteiger partial charge in [0.15, 0.2) is 0 Å². The van der Waals surface area contributed by atoms with E-state index in [1.165, 1.54) is 0 Å². The molecule has 0 aliphatic carbocycles. The molecule has 0 amide bonds. The molecule has 3 aromatic rings. The topological polar surface area (TPSA) is 59.3 Å². The molecular formula is C23H16BrNO3. The molecule has 0 aliphatic heterocycles. The summed E-state index contributed by atoms with van der Waals surface area (Å²) in [6, 6.07) is 23.6. The fourth-order valence-electron chi connectivity index (χ4n) is 2.57. The van der Waals surface area contributed by atoms with Gasteiger partial charge in [-0.1, -0.05) is 24.3 Å². The van der Waals surface area contributed by atoms with Crippen LogP contribution in [0.5, 0.6) is 11.5 Å². The number of hydrogen-bond acceptors (Lipinski definition) is 4. The summed E-state index contributed by atoms with van der Waals surface area (Å²) in [5.74, 6) is 0.674. The third-order valence-electron chi connectivity index (χ3n) is 3.99. The van der Waals surface area contributed by atoms with Gasteiger partial charge in [-0.05, 0) is 81.7 Å². The first kappa shape index (κ1) is 19.4. The molecule has 5 heteroatoms. The molecule has 4 nitrogen and oxygen atoms in total. The summed E-state index contributed by atoms with van der Waals surface area (Å²) in [4.78, 5) is 12.4. The number of nitriles is 1. The van der Waals surface area contributed by atoms with E-state index in [1.807, 2.05) is 24.3 Å². The van der Waals surface area contributed by atoms with Gasteiger partial charge in [-0.15, -0.1) is 0 Å². The van der Waals surface area contributed by atoms with E-state index >= 15 is 0 Å². The Kier molecular flexibility index (Phi) is 6.25. The minimum Gasteiger partial charge on any atom is -0.497 e. The zero-order valence-corrected chi connectivity index (χ0v) is 16.6. The first-order valence-corrected chi connectivity index (χ1v) is 9.23. The summed E-state index contributed by atoms with van der Waals surface area (Å²) >= 11 is 3.35. The van der Waals surface area contributed by atoms with Crippen LogP contribution in [-0.4, -0.2) is 13.1 Å². The molecule has 0 bridgehead atoms. The number of benzene rings is 3. The van der Waals surface area contributed by atoms with Crippen LogP contribution in [0.4, 0.5) is 0 Å². The largest absolute Gasteiger partial charge is 0.497 e. The lowest BCUT2D eigenvalue weighted by Crippen LogP contribution is -2.09. The molecule has 0 radical (unpaired) electrons. The molecule has 138 valence electrons. The second kappa shape index (κ2) is 9.03. The van der Waals surface area contributed by atoms with Gasteiger partial charge in [-0.2, -0.15) is 5.26 Å². The van der Waals surface area contributed by atoms with Crippen LogP contribution in [0.1, 0.15) is 21.5 Å². The van der Waals surface area contributed by atoms with Crippen molar-refractivity contribution in [2.75, 3.05) is 7.11 Å². The van der Waals surface area contributed by atoms with Gasteiger partial charge in [0.05, 0.1) is 24.3 Å². The van der Waals surface area contributed by atoms with Crippen molar-refractivity contribution in [3.8, 4) is 17.6 Å². The summed E-state index contributed by atoms with van der Waals surface area (Å²) in [5, 5.41) is 9.52. The number of hydrogen-bond donors (Lipinski definition) is 0. The number of halogens is 1. The van der Waals surface area contributed by atoms with E-state index in [4.69, 9.17) is 9.47 Å². The quantitative estimate of drug-likeness (QED) is 0.222. The van der Waals surface area contributed by atoms with Crippen LogP contribution in [-0.2, 0) is 0 Å². The third-order valence-corrected chi connectivity index (χ3v) is 4.69. The normalized spacial score (nSPS) is 10.8. The van der Waals surface area contributed by atoms with Crippen molar-refractivity contribution in [3.63, 3.8) is 0 Å². The first-order valence-electron chi connectivity index (χ1n) is 8.43. The molecule has 0 atom stereocenters. The Balaban J connectivity index is 1.83. The molecule has 0 unspecified atom stereocenters. The fourth-order valence-corrected chi connectivity index (χ4v) is 3.02. The second-order valence-electron chi connectivity index (χ2n) is 5.84. The molecule has 0 aliphatic rings. The maximum atomic E-state index is 12.4. The van der Waals surface area contributed by atoms with Crippen molar-refractivity contribution in [3.05, 3.63) is 94.0 Å². The van der Waals surface area contributed by atoms with Gasteiger partial charge < -0.3 is 9.47 Å². The van der Waals surface area contributed by atoms with Crippen molar-refractivity contribution < 1.29 is 14.3 Å². The van der Waals surface area contributed by atoms with Gasteiger partial charge in [-0.3, -0.25) is 0 Å². The average Bonchev–Trinajstić information content (AvgIpc) is 2.72. The molecule has 0 aromatic heterocycles. The molecule has 0 fully saturated rings. The third kappa shape index (κ3) is 4.67. The SMILES string of the molecule is COc1ccc(/C(C#N)=C\c2cccc(OC(=O)c3ccccc3Br)c2)cc1. The minimum absolute atomic E-state index is 0.404. The number of carbonyl (C=O) groups excluding carboxylic acids is 1. The summed E-state index contributed by atoms with van der Waals surface area (Å²) in [7, 11) is 1.59. The first-order chi connectivity index (χ1) is 13.6. The van der Waals surface area contributed by atoms with Crippen molar-refractivity contribution in [1.82, 2.24) is 0 Å². The van der Waals surface area contributed by atoms with Crippen LogP contribution in [0.3, 0.4) is 0 Å². The van der Waals surface area contributed by atoms with Gasteiger partial charge >= 0.3 is 5.97 Å². The van der Waals surface area contributed by atoms with E-state index in [-0.39, 0.29) is 0 Å². The number of rotatable bonds is 5. The summed E-state index contributed by atoms with van der Waals surface area (Å²) in [6.07, 6.45) is 1.75. The van der Waals surface area contributed by atoms with Crippen molar-refractivity contribution in [2.45, 2.75) is 0 Å². The number of carbonyl (C=O) groups is 1. The highest BCUT2D eigenvalue weighted by Crippen LogP contribution is 2.24. The van der Waals surface area contributed by atoms with Crippen LogP contribution in [0, 0.1) is 11.3 Å².